The van der Waals surface area contributed by atoms with Crippen molar-refractivity contribution in [2.24, 2.45) is 0 Å². The normalized spacial score (nSPS) is 14.1. The van der Waals surface area contributed by atoms with Crippen LogP contribution in [-0.4, -0.2) is 23.3 Å². The minimum absolute atomic E-state index is 0.195. The Labute approximate surface area is 137 Å². The lowest BCUT2D eigenvalue weighted by Gasteiger charge is -2.09. The molecule has 0 radical (unpaired) electrons. The molecular weight excluding hydrogens is 498 g/mol. The van der Waals surface area contributed by atoms with Gasteiger partial charge in [-0.2, -0.15) is 0 Å². The van der Waals surface area contributed by atoms with E-state index >= 15 is 0 Å². The highest BCUT2D eigenvalue weighted by Crippen LogP contribution is 2.45. The van der Waals surface area contributed by atoms with Gasteiger partial charge in [0.15, 0.2) is 0 Å². The first-order valence-corrected chi connectivity index (χ1v) is 7.92. The first-order chi connectivity index (χ1) is 8.41. The molecule has 7 heteroatoms. The minimum atomic E-state index is -0.323. The van der Waals surface area contributed by atoms with E-state index in [2.05, 4.69) is 70.3 Å². The van der Waals surface area contributed by atoms with E-state index in [1.54, 1.807) is 0 Å². The molecule has 0 atom stereocenters. The summed E-state index contributed by atoms with van der Waals surface area (Å²) in [6.07, 6.45) is 1.52. The van der Waals surface area contributed by atoms with Crippen LogP contribution >= 0.6 is 63.7 Å². The number of rotatable bonds is 2. The van der Waals surface area contributed by atoms with Crippen molar-refractivity contribution in [1.29, 1.82) is 0 Å². The fraction of sp³-hybridized carbons (Fsp3) is 0.0909. The quantitative estimate of drug-likeness (QED) is 0.258. The lowest BCUT2D eigenvalue weighted by atomic mass is 10.1. The number of nitrogens with zero attached hydrogens (tertiary/aromatic N) is 1. The Bertz CT molecular complexity index is 550. The number of hydrogen-bond donors (Lipinski definition) is 0. The molecule has 0 spiro atoms. The summed E-state index contributed by atoms with van der Waals surface area (Å²) in [6, 6.07) is 0. The van der Waals surface area contributed by atoms with Gasteiger partial charge in [-0.1, -0.05) is 6.08 Å². The monoisotopic (exact) mass is 499 g/mol. The number of hydrogen-bond acceptors (Lipinski definition) is 2. The fourth-order valence-corrected chi connectivity index (χ4v) is 4.15. The number of fused-ring (bicyclic) bond motifs is 1. The lowest BCUT2D eigenvalue weighted by Crippen LogP contribution is -2.29. The Kier molecular flexibility index (Phi) is 4.16. The van der Waals surface area contributed by atoms with Gasteiger partial charge in [0, 0.05) is 24.4 Å². The van der Waals surface area contributed by atoms with Crippen LogP contribution < -0.4 is 0 Å². The standard InChI is InChI=1S/C11H5Br4NO2/c1-2-3-16-10(17)4-5(11(16)18)7(13)9(15)8(14)6(4)12/h2H,1,3H2. The Hall–Kier alpha value is 0.0200. The molecule has 1 aliphatic heterocycles. The topological polar surface area (TPSA) is 37.4 Å². The van der Waals surface area contributed by atoms with Gasteiger partial charge in [0.2, 0.25) is 0 Å². The maximum absolute atomic E-state index is 12.2. The van der Waals surface area contributed by atoms with Crippen LogP contribution in [0.5, 0.6) is 0 Å². The molecule has 0 N–H and O–H groups in total. The van der Waals surface area contributed by atoms with Crippen LogP contribution in [0.15, 0.2) is 30.5 Å². The second-order valence-electron chi connectivity index (χ2n) is 3.52. The second-order valence-corrected chi connectivity index (χ2v) is 6.69. The van der Waals surface area contributed by atoms with Crippen molar-refractivity contribution in [2.45, 2.75) is 0 Å². The molecule has 0 aromatic heterocycles. The van der Waals surface area contributed by atoms with E-state index in [1.807, 2.05) is 0 Å². The third kappa shape index (κ3) is 1.95. The summed E-state index contributed by atoms with van der Waals surface area (Å²) < 4.78 is 2.51. The zero-order chi connectivity index (χ0) is 13.6. The van der Waals surface area contributed by atoms with Crippen molar-refractivity contribution in [3.8, 4) is 0 Å². The summed E-state index contributed by atoms with van der Waals surface area (Å²) in [7, 11) is 0. The van der Waals surface area contributed by atoms with Crippen molar-refractivity contribution in [2.75, 3.05) is 6.54 Å². The molecule has 1 aromatic carbocycles. The van der Waals surface area contributed by atoms with Gasteiger partial charge in [0.05, 0.1) is 11.1 Å². The molecule has 0 bridgehead atoms. The van der Waals surface area contributed by atoms with Crippen LogP contribution in [-0.2, 0) is 0 Å². The van der Waals surface area contributed by atoms with Gasteiger partial charge in [-0.3, -0.25) is 14.5 Å². The number of amides is 2. The molecule has 2 rings (SSSR count). The highest BCUT2D eigenvalue weighted by atomic mass is 79.9. The van der Waals surface area contributed by atoms with Crippen molar-refractivity contribution in [3.63, 3.8) is 0 Å². The van der Waals surface area contributed by atoms with Crippen molar-refractivity contribution in [1.82, 2.24) is 4.90 Å². The van der Waals surface area contributed by atoms with Crippen molar-refractivity contribution in [3.05, 3.63) is 41.7 Å². The molecule has 3 nitrogen and oxygen atoms in total. The summed E-state index contributed by atoms with van der Waals surface area (Å²) in [5.41, 5.74) is 0.729. The van der Waals surface area contributed by atoms with Gasteiger partial charge in [-0.25, -0.2) is 0 Å². The Morgan fingerprint density at radius 2 is 1.28 bits per heavy atom. The van der Waals surface area contributed by atoms with E-state index in [-0.39, 0.29) is 18.4 Å². The second kappa shape index (κ2) is 5.19. The van der Waals surface area contributed by atoms with Crippen molar-refractivity contribution >= 4 is 75.5 Å². The van der Waals surface area contributed by atoms with Gasteiger partial charge >= 0.3 is 0 Å². The number of imide groups is 1. The molecule has 1 heterocycles. The average molecular weight is 503 g/mol. The summed E-state index contributed by atoms with van der Waals surface area (Å²) >= 11 is 13.4. The fourth-order valence-electron chi connectivity index (χ4n) is 1.69. The lowest BCUT2D eigenvalue weighted by molar-refractivity contribution is 0.0671. The molecule has 1 aromatic rings. The van der Waals surface area contributed by atoms with Gasteiger partial charge in [-0.15, -0.1) is 6.58 Å². The van der Waals surface area contributed by atoms with E-state index in [1.165, 1.54) is 6.08 Å². The summed E-state index contributed by atoms with van der Waals surface area (Å²) in [5, 5.41) is 0. The maximum Gasteiger partial charge on any atom is 0.263 e. The van der Waals surface area contributed by atoms with E-state index in [0.29, 0.717) is 29.0 Å². The maximum atomic E-state index is 12.2. The number of carbonyl (C=O) groups excluding carboxylic acids is 2. The van der Waals surface area contributed by atoms with Crippen LogP contribution in [0.25, 0.3) is 0 Å². The van der Waals surface area contributed by atoms with Crippen LogP contribution in [0.3, 0.4) is 0 Å². The molecule has 0 unspecified atom stereocenters. The Balaban J connectivity index is 2.76. The molecule has 1 aliphatic rings. The van der Waals surface area contributed by atoms with Gasteiger partial charge in [0.25, 0.3) is 11.8 Å². The molecule has 18 heavy (non-hydrogen) atoms. The molecule has 0 fully saturated rings. The van der Waals surface area contributed by atoms with Crippen molar-refractivity contribution < 1.29 is 9.59 Å². The molecular formula is C11H5Br4NO2. The number of halogens is 4. The molecule has 2 amide bonds. The third-order valence-corrected chi connectivity index (χ3v) is 7.27. The predicted octanol–water partition coefficient (Wildman–Crippen LogP) is 4.52. The van der Waals surface area contributed by atoms with Crippen LogP contribution in [0.4, 0.5) is 0 Å². The largest absolute Gasteiger partial charge is 0.270 e. The van der Waals surface area contributed by atoms with Crippen LogP contribution in [0.1, 0.15) is 20.7 Å². The smallest absolute Gasteiger partial charge is 0.263 e. The van der Waals surface area contributed by atoms with E-state index in [0.717, 1.165) is 4.90 Å². The third-order valence-electron chi connectivity index (χ3n) is 2.50. The highest BCUT2D eigenvalue weighted by molar-refractivity contribution is 9.15. The molecule has 0 aliphatic carbocycles. The van der Waals surface area contributed by atoms with Gasteiger partial charge < -0.3 is 0 Å². The minimum Gasteiger partial charge on any atom is -0.270 e. The molecule has 94 valence electrons. The van der Waals surface area contributed by atoms with E-state index < -0.39 is 0 Å². The predicted molar refractivity (Wildman–Crippen MR) is 82.8 cm³/mol. The summed E-state index contributed by atoms with van der Waals surface area (Å²) in [6.45, 7) is 3.74. The van der Waals surface area contributed by atoms with Crippen LogP contribution in [0, 0.1) is 0 Å². The Morgan fingerprint density at radius 3 is 1.61 bits per heavy atom. The summed E-state index contributed by atoms with van der Waals surface area (Å²) in [5.74, 6) is -0.647. The number of benzene rings is 1. The molecule has 0 saturated heterocycles. The zero-order valence-corrected chi connectivity index (χ0v) is 15.1. The van der Waals surface area contributed by atoms with Gasteiger partial charge in [0.1, 0.15) is 0 Å². The Morgan fingerprint density at radius 1 is 0.889 bits per heavy atom. The first kappa shape index (κ1) is 14.4. The first-order valence-electron chi connectivity index (χ1n) is 4.74. The average Bonchev–Trinajstić information content (AvgIpc) is 2.59. The zero-order valence-electron chi connectivity index (χ0n) is 8.77. The molecule has 0 saturated carbocycles. The highest BCUT2D eigenvalue weighted by Gasteiger charge is 2.40. The van der Waals surface area contributed by atoms with E-state index in [4.69, 9.17) is 0 Å². The van der Waals surface area contributed by atoms with E-state index in [9.17, 15) is 9.59 Å². The van der Waals surface area contributed by atoms with Gasteiger partial charge in [-0.05, 0) is 63.7 Å². The summed E-state index contributed by atoms with van der Waals surface area (Å²) in [4.78, 5) is 25.6. The number of carbonyl (C=O) groups is 2. The SMILES string of the molecule is C=CCN1C(=O)c2c(Br)c(Br)c(Br)c(Br)c2C1=O. The van der Waals surface area contributed by atoms with Crippen LogP contribution in [0.2, 0.25) is 0 Å².